The van der Waals surface area contributed by atoms with Crippen LogP contribution >= 0.6 is 11.6 Å². The molecule has 0 heterocycles. The van der Waals surface area contributed by atoms with Crippen LogP contribution in [0.15, 0.2) is 30.3 Å². The summed E-state index contributed by atoms with van der Waals surface area (Å²) in [5, 5.41) is 2.74. The first kappa shape index (κ1) is 16.0. The molecule has 2 aromatic carbocycles. The van der Waals surface area contributed by atoms with Gasteiger partial charge in [0, 0.05) is 17.7 Å². The predicted octanol–water partition coefficient (Wildman–Crippen LogP) is 3.89. The number of hydrogen-bond donors (Lipinski definition) is 1. The third-order valence-corrected chi connectivity index (χ3v) is 3.14. The van der Waals surface area contributed by atoms with Crippen molar-refractivity contribution in [2.24, 2.45) is 0 Å². The fraction of sp³-hybridized carbons (Fsp3) is 0.133. The number of halogens is 3. The first-order valence-electron chi connectivity index (χ1n) is 6.13. The molecule has 0 radical (unpaired) electrons. The van der Waals surface area contributed by atoms with Gasteiger partial charge in [-0.3, -0.25) is 4.79 Å². The van der Waals surface area contributed by atoms with Crippen LogP contribution in [0.2, 0.25) is 5.02 Å². The van der Waals surface area contributed by atoms with Crippen LogP contribution in [0, 0.1) is 11.6 Å². The molecule has 0 atom stereocenters. The zero-order chi connectivity index (χ0) is 16.3. The van der Waals surface area contributed by atoms with E-state index in [1.165, 1.54) is 26.4 Å². The topological polar surface area (TPSA) is 47.6 Å². The lowest BCUT2D eigenvalue weighted by Gasteiger charge is -2.13. The molecule has 1 amide bonds. The lowest BCUT2D eigenvalue weighted by atomic mass is 10.2. The van der Waals surface area contributed by atoms with Gasteiger partial charge in [-0.05, 0) is 18.2 Å². The van der Waals surface area contributed by atoms with Crippen LogP contribution < -0.4 is 14.8 Å². The highest BCUT2D eigenvalue weighted by atomic mass is 35.5. The van der Waals surface area contributed by atoms with E-state index < -0.39 is 17.5 Å². The van der Waals surface area contributed by atoms with Crippen LogP contribution in [0.5, 0.6) is 11.5 Å². The highest BCUT2D eigenvalue weighted by Gasteiger charge is 2.15. The van der Waals surface area contributed by atoms with Crippen molar-refractivity contribution in [3.63, 3.8) is 0 Å². The molecule has 0 aliphatic rings. The molecule has 22 heavy (non-hydrogen) atoms. The molecular weight excluding hydrogens is 316 g/mol. The molecule has 0 aliphatic heterocycles. The average molecular weight is 328 g/mol. The normalized spacial score (nSPS) is 10.2. The third-order valence-electron chi connectivity index (χ3n) is 2.85. The number of ether oxygens (including phenoxy) is 2. The van der Waals surface area contributed by atoms with Gasteiger partial charge < -0.3 is 14.8 Å². The summed E-state index contributed by atoms with van der Waals surface area (Å²) in [6.45, 7) is 0. The lowest BCUT2D eigenvalue weighted by molar-refractivity contribution is 0.102. The summed E-state index contributed by atoms with van der Waals surface area (Å²) in [5.74, 6) is -1.72. The summed E-state index contributed by atoms with van der Waals surface area (Å²) >= 11 is 5.99. The van der Waals surface area contributed by atoms with Gasteiger partial charge in [-0.15, -0.1) is 0 Å². The van der Waals surface area contributed by atoms with Crippen LogP contribution in [-0.2, 0) is 0 Å². The van der Waals surface area contributed by atoms with Gasteiger partial charge in [0.2, 0.25) is 0 Å². The fourth-order valence-corrected chi connectivity index (χ4v) is 2.08. The van der Waals surface area contributed by atoms with E-state index in [1.807, 2.05) is 0 Å². The van der Waals surface area contributed by atoms with Crippen molar-refractivity contribution in [2.45, 2.75) is 0 Å². The molecule has 7 heteroatoms. The van der Waals surface area contributed by atoms with Gasteiger partial charge >= 0.3 is 0 Å². The van der Waals surface area contributed by atoms with E-state index in [1.54, 1.807) is 0 Å². The quantitative estimate of drug-likeness (QED) is 0.926. The van der Waals surface area contributed by atoms with Crippen molar-refractivity contribution in [2.75, 3.05) is 19.5 Å². The maximum atomic E-state index is 13.2. The molecule has 0 unspecified atom stereocenters. The second kappa shape index (κ2) is 6.62. The summed E-state index contributed by atoms with van der Waals surface area (Å²) in [7, 11) is 2.84. The summed E-state index contributed by atoms with van der Waals surface area (Å²) in [4.78, 5) is 12.1. The molecule has 0 spiro atoms. The standard InChI is InChI=1S/C15H12ClF2NO3/c1-21-13-7-14(22-2)12(6-11(13)16)19-15(20)8-3-9(17)5-10(18)4-8/h3-7H,1-2H3,(H,19,20). The molecule has 0 saturated heterocycles. The molecule has 0 aromatic heterocycles. The van der Waals surface area contributed by atoms with Gasteiger partial charge in [0.1, 0.15) is 23.1 Å². The average Bonchev–Trinajstić information content (AvgIpc) is 2.46. The highest BCUT2D eigenvalue weighted by Crippen LogP contribution is 2.36. The largest absolute Gasteiger partial charge is 0.495 e. The van der Waals surface area contributed by atoms with E-state index in [4.69, 9.17) is 21.1 Å². The fourth-order valence-electron chi connectivity index (χ4n) is 1.84. The molecule has 1 N–H and O–H groups in total. The number of nitrogens with one attached hydrogen (secondary N) is 1. The Morgan fingerprint density at radius 3 is 2.14 bits per heavy atom. The van der Waals surface area contributed by atoms with E-state index in [-0.39, 0.29) is 16.3 Å². The van der Waals surface area contributed by atoms with Crippen LogP contribution in [0.1, 0.15) is 10.4 Å². The van der Waals surface area contributed by atoms with Gasteiger partial charge in [-0.1, -0.05) is 11.6 Å². The number of rotatable bonds is 4. The van der Waals surface area contributed by atoms with Crippen molar-refractivity contribution >= 4 is 23.2 Å². The van der Waals surface area contributed by atoms with E-state index in [0.29, 0.717) is 17.6 Å². The summed E-state index contributed by atoms with van der Waals surface area (Å²) < 4.78 is 36.5. The SMILES string of the molecule is COc1cc(OC)c(NC(=O)c2cc(F)cc(F)c2)cc1Cl. The van der Waals surface area contributed by atoms with Crippen molar-refractivity contribution in [1.82, 2.24) is 0 Å². The Labute approximate surface area is 130 Å². The zero-order valence-corrected chi connectivity index (χ0v) is 12.5. The predicted molar refractivity (Wildman–Crippen MR) is 78.9 cm³/mol. The number of amides is 1. The van der Waals surface area contributed by atoms with Crippen molar-refractivity contribution in [3.8, 4) is 11.5 Å². The minimum Gasteiger partial charge on any atom is -0.495 e. The maximum absolute atomic E-state index is 13.2. The van der Waals surface area contributed by atoms with Crippen LogP contribution in [-0.4, -0.2) is 20.1 Å². The minimum absolute atomic E-state index is 0.161. The molecule has 0 bridgehead atoms. The Kier molecular flexibility index (Phi) is 4.82. The highest BCUT2D eigenvalue weighted by molar-refractivity contribution is 6.32. The number of anilines is 1. The van der Waals surface area contributed by atoms with E-state index >= 15 is 0 Å². The third kappa shape index (κ3) is 3.46. The Bertz CT molecular complexity index is 702. The van der Waals surface area contributed by atoms with Gasteiger partial charge in [0.25, 0.3) is 5.91 Å². The summed E-state index contributed by atoms with van der Waals surface area (Å²) in [6.07, 6.45) is 0. The van der Waals surface area contributed by atoms with Crippen molar-refractivity contribution in [1.29, 1.82) is 0 Å². The molecular formula is C15H12ClF2NO3. The number of carbonyl (C=O) groups is 1. The second-order valence-corrected chi connectivity index (χ2v) is 4.71. The van der Waals surface area contributed by atoms with Gasteiger partial charge in [0.15, 0.2) is 0 Å². The van der Waals surface area contributed by atoms with Crippen LogP contribution in [0.4, 0.5) is 14.5 Å². The molecule has 4 nitrogen and oxygen atoms in total. The maximum Gasteiger partial charge on any atom is 0.255 e. The van der Waals surface area contributed by atoms with Crippen molar-refractivity contribution < 1.29 is 23.0 Å². The molecule has 0 fully saturated rings. The monoisotopic (exact) mass is 327 g/mol. The number of carbonyl (C=O) groups excluding carboxylic acids is 1. The molecule has 0 saturated carbocycles. The van der Waals surface area contributed by atoms with Crippen LogP contribution in [0.3, 0.4) is 0 Å². The van der Waals surface area contributed by atoms with Gasteiger partial charge in [0.05, 0.1) is 24.9 Å². The lowest BCUT2D eigenvalue weighted by Crippen LogP contribution is -2.13. The Morgan fingerprint density at radius 2 is 1.59 bits per heavy atom. The van der Waals surface area contributed by atoms with E-state index in [0.717, 1.165) is 12.1 Å². The van der Waals surface area contributed by atoms with Gasteiger partial charge in [-0.2, -0.15) is 0 Å². The molecule has 0 aliphatic carbocycles. The molecule has 116 valence electrons. The van der Waals surface area contributed by atoms with E-state index in [9.17, 15) is 13.6 Å². The van der Waals surface area contributed by atoms with Crippen molar-refractivity contribution in [3.05, 3.63) is 52.6 Å². The summed E-state index contributed by atoms with van der Waals surface area (Å²) in [5.41, 5.74) is 0.0921. The minimum atomic E-state index is -0.843. The van der Waals surface area contributed by atoms with Gasteiger partial charge in [-0.25, -0.2) is 8.78 Å². The Balaban J connectivity index is 2.33. The van der Waals surface area contributed by atoms with E-state index in [2.05, 4.69) is 5.32 Å². The molecule has 2 aromatic rings. The number of hydrogen-bond acceptors (Lipinski definition) is 3. The first-order chi connectivity index (χ1) is 10.4. The first-order valence-corrected chi connectivity index (χ1v) is 6.51. The smallest absolute Gasteiger partial charge is 0.255 e. The zero-order valence-electron chi connectivity index (χ0n) is 11.7. The second-order valence-electron chi connectivity index (χ2n) is 4.30. The Morgan fingerprint density at radius 1 is 1.00 bits per heavy atom. The molecule has 2 rings (SSSR count). The van der Waals surface area contributed by atoms with Crippen LogP contribution in [0.25, 0.3) is 0 Å². The summed E-state index contributed by atoms with van der Waals surface area (Å²) in [6, 6.07) is 5.45. The number of benzene rings is 2. The number of methoxy groups -OCH3 is 2. The Hall–Kier alpha value is -2.34.